The average molecular weight is 533 g/mol. The van der Waals surface area contributed by atoms with Crippen LogP contribution in [0.5, 0.6) is 0 Å². The second kappa shape index (κ2) is 10.1. The van der Waals surface area contributed by atoms with Crippen molar-refractivity contribution in [2.45, 2.75) is 86.2 Å². The lowest BCUT2D eigenvalue weighted by atomic mass is 9.85. The highest BCUT2D eigenvalue weighted by atomic mass is 32.1. The van der Waals surface area contributed by atoms with Crippen LogP contribution in [0.2, 0.25) is 19.6 Å². The quantitative estimate of drug-likeness (QED) is 0.236. The predicted octanol–water partition coefficient (Wildman–Crippen LogP) is 8.57. The molecule has 184 valence electrons. The molecule has 0 saturated carbocycles. The van der Waals surface area contributed by atoms with E-state index in [1.807, 2.05) is 32.2 Å². The Balaban J connectivity index is 2.15. The van der Waals surface area contributed by atoms with E-state index in [1.165, 1.54) is 16.4 Å². The van der Waals surface area contributed by atoms with Crippen molar-refractivity contribution in [1.82, 2.24) is 4.37 Å². The fourth-order valence-electron chi connectivity index (χ4n) is 3.16. The first-order valence-electron chi connectivity index (χ1n) is 11.7. The molecule has 0 atom stereocenters. The zero-order valence-corrected chi connectivity index (χ0v) is 25.2. The normalized spacial score (nSPS) is 12.5. The number of thiophene rings is 2. The minimum absolute atomic E-state index is 0.170. The molecule has 3 heterocycles. The molecular weight excluding hydrogens is 497 g/mol. The van der Waals surface area contributed by atoms with Gasteiger partial charge in [-0.05, 0) is 55.6 Å². The minimum atomic E-state index is -1.56. The van der Waals surface area contributed by atoms with Gasteiger partial charge in [-0.25, -0.2) is 4.79 Å². The maximum Gasteiger partial charge on any atom is 0.415 e. The molecule has 0 aromatic carbocycles. The van der Waals surface area contributed by atoms with Crippen LogP contribution >= 0.6 is 34.2 Å². The first kappa shape index (κ1) is 26.9. The topological polar surface area (TPSA) is 42.4 Å². The second-order valence-electron chi connectivity index (χ2n) is 11.4. The first-order chi connectivity index (χ1) is 15.7. The Morgan fingerprint density at radius 1 is 1.21 bits per heavy atom. The van der Waals surface area contributed by atoms with Crippen molar-refractivity contribution in [3.63, 3.8) is 0 Å². The third-order valence-electron chi connectivity index (χ3n) is 5.29. The van der Waals surface area contributed by atoms with Gasteiger partial charge in [0.1, 0.15) is 24.2 Å². The summed E-state index contributed by atoms with van der Waals surface area (Å²) < 4.78 is 11.7. The van der Waals surface area contributed by atoms with Crippen LogP contribution in [-0.4, -0.2) is 24.1 Å². The molecule has 34 heavy (non-hydrogen) atoms. The number of fused-ring (bicyclic) bond motifs is 1. The first-order valence-corrected chi connectivity index (χ1v) is 17.6. The van der Waals surface area contributed by atoms with E-state index in [0.717, 1.165) is 38.5 Å². The summed E-state index contributed by atoms with van der Waals surface area (Å²) in [6.07, 6.45) is 1.69. The Hall–Kier alpha value is -1.66. The highest BCUT2D eigenvalue weighted by Gasteiger charge is 2.30. The summed E-state index contributed by atoms with van der Waals surface area (Å²) in [4.78, 5) is 17.4. The number of carbonyl (C=O) groups is 1. The van der Waals surface area contributed by atoms with E-state index in [4.69, 9.17) is 9.11 Å². The largest absolute Gasteiger partial charge is 0.443 e. The van der Waals surface area contributed by atoms with E-state index in [-0.39, 0.29) is 11.5 Å². The second-order valence-corrected chi connectivity index (χ2v) is 19.0. The highest BCUT2D eigenvalue weighted by molar-refractivity contribution is 7.25. The lowest BCUT2D eigenvalue weighted by molar-refractivity contribution is 0.0579. The van der Waals surface area contributed by atoms with Crippen LogP contribution in [0.3, 0.4) is 0 Å². The monoisotopic (exact) mass is 532 g/mol. The molecule has 0 aliphatic carbocycles. The molecule has 0 saturated heterocycles. The number of rotatable bonds is 6. The van der Waals surface area contributed by atoms with Gasteiger partial charge in [-0.2, -0.15) is 4.37 Å². The Morgan fingerprint density at radius 3 is 2.47 bits per heavy atom. The Kier molecular flexibility index (Phi) is 8.03. The molecule has 4 nitrogen and oxygen atoms in total. The van der Waals surface area contributed by atoms with E-state index < -0.39 is 13.7 Å². The molecule has 8 heteroatoms. The molecule has 0 fully saturated rings. The zero-order valence-electron chi connectivity index (χ0n) is 21.8. The van der Waals surface area contributed by atoms with E-state index >= 15 is 0 Å². The third-order valence-corrected chi connectivity index (χ3v) is 9.21. The Morgan fingerprint density at radius 2 is 1.91 bits per heavy atom. The molecule has 0 aliphatic heterocycles. The smallest absolute Gasteiger partial charge is 0.415 e. The van der Waals surface area contributed by atoms with Crippen LogP contribution in [0.4, 0.5) is 9.80 Å². The summed E-state index contributed by atoms with van der Waals surface area (Å²) >= 11 is 4.75. The van der Waals surface area contributed by atoms with Gasteiger partial charge in [-0.15, -0.1) is 28.2 Å². The van der Waals surface area contributed by atoms with Gasteiger partial charge in [-0.3, -0.25) is 4.90 Å². The summed E-state index contributed by atoms with van der Waals surface area (Å²) in [6.45, 7) is 19.8. The summed E-state index contributed by atoms with van der Waals surface area (Å²) in [6, 6.07) is 4.06. The third kappa shape index (κ3) is 6.94. The SMILES string of the molecule is CCC(C)(C)Cc1sc2c(N(Cc3cccs3)C(=O)OC(C)(C)C)snc2c1C#C[Si](C)(C)C. The number of ether oxygens (including phenoxy) is 1. The number of carbonyl (C=O) groups excluding carboxylic acids is 1. The van der Waals surface area contributed by atoms with Gasteiger partial charge in [0.2, 0.25) is 0 Å². The van der Waals surface area contributed by atoms with Gasteiger partial charge in [0.05, 0.1) is 16.8 Å². The van der Waals surface area contributed by atoms with E-state index in [0.29, 0.717) is 6.54 Å². The summed E-state index contributed by atoms with van der Waals surface area (Å²) in [5.74, 6) is 3.52. The number of anilines is 1. The fraction of sp³-hybridized carbons (Fsp3) is 0.538. The van der Waals surface area contributed by atoms with Crippen molar-refractivity contribution in [3.05, 3.63) is 32.8 Å². The number of hydrogen-bond acceptors (Lipinski definition) is 6. The van der Waals surface area contributed by atoms with Crippen molar-refractivity contribution in [2.24, 2.45) is 5.41 Å². The molecule has 0 unspecified atom stereocenters. The summed E-state index contributed by atoms with van der Waals surface area (Å²) in [5.41, 5.74) is 5.12. The molecule has 0 aliphatic rings. The molecule has 3 aromatic heterocycles. The van der Waals surface area contributed by atoms with Crippen molar-refractivity contribution in [2.75, 3.05) is 4.90 Å². The molecule has 0 bridgehead atoms. The summed E-state index contributed by atoms with van der Waals surface area (Å²) in [5, 5.41) is 2.88. The van der Waals surface area contributed by atoms with Gasteiger partial charge in [0, 0.05) is 9.75 Å². The summed E-state index contributed by atoms with van der Waals surface area (Å²) in [7, 11) is -1.56. The molecule has 3 aromatic rings. The van der Waals surface area contributed by atoms with Gasteiger partial charge < -0.3 is 4.74 Å². The van der Waals surface area contributed by atoms with Crippen LogP contribution in [0.15, 0.2) is 17.5 Å². The number of aromatic nitrogens is 1. The Labute approximate surface area is 217 Å². The highest BCUT2D eigenvalue weighted by Crippen LogP contribution is 2.43. The van der Waals surface area contributed by atoms with Crippen molar-refractivity contribution in [3.8, 4) is 11.5 Å². The Bertz CT molecular complexity index is 1200. The number of amides is 1. The van der Waals surface area contributed by atoms with Crippen molar-refractivity contribution in [1.29, 1.82) is 0 Å². The van der Waals surface area contributed by atoms with Crippen LogP contribution in [-0.2, 0) is 17.7 Å². The van der Waals surface area contributed by atoms with Gasteiger partial charge in [-0.1, -0.05) is 58.8 Å². The molecule has 3 rings (SSSR count). The van der Waals surface area contributed by atoms with Crippen LogP contribution in [0, 0.1) is 16.9 Å². The van der Waals surface area contributed by atoms with E-state index in [2.05, 4.69) is 57.9 Å². The van der Waals surface area contributed by atoms with Crippen LogP contribution in [0.25, 0.3) is 10.2 Å². The maximum atomic E-state index is 13.3. The minimum Gasteiger partial charge on any atom is -0.443 e. The molecule has 1 amide bonds. The predicted molar refractivity (Wildman–Crippen MR) is 152 cm³/mol. The van der Waals surface area contributed by atoms with E-state index in [9.17, 15) is 4.79 Å². The lowest BCUT2D eigenvalue weighted by Crippen LogP contribution is -2.36. The number of hydrogen-bond donors (Lipinski definition) is 0. The molecule has 0 spiro atoms. The van der Waals surface area contributed by atoms with Gasteiger partial charge in [0.25, 0.3) is 0 Å². The number of nitrogens with zero attached hydrogens (tertiary/aromatic N) is 2. The average Bonchev–Trinajstić information content (AvgIpc) is 3.40. The molecule has 0 N–H and O–H groups in total. The van der Waals surface area contributed by atoms with E-state index in [1.54, 1.807) is 27.6 Å². The van der Waals surface area contributed by atoms with Crippen LogP contribution < -0.4 is 4.90 Å². The van der Waals surface area contributed by atoms with Crippen LogP contribution in [0.1, 0.15) is 63.3 Å². The maximum absolute atomic E-state index is 13.3. The molecular formula is C26H36N2O2S3Si. The van der Waals surface area contributed by atoms with Gasteiger partial charge in [0.15, 0.2) is 0 Å². The fourth-order valence-corrected chi connectivity index (χ4v) is 6.83. The van der Waals surface area contributed by atoms with Crippen molar-refractivity contribution >= 4 is 63.6 Å². The zero-order chi connectivity index (χ0) is 25.3. The van der Waals surface area contributed by atoms with Gasteiger partial charge >= 0.3 is 6.09 Å². The standard InChI is InChI=1S/C26H36N2O2S3Si/c1-10-26(5,6)16-20-19(13-15-34(7,8)9)21-22(32-20)23(33-27-21)28(17-18-12-11-14-31-18)24(29)30-25(2,3)4/h11-12,14H,10,16-17H2,1-9H3. The molecule has 0 radical (unpaired) electrons. The lowest BCUT2D eigenvalue weighted by Gasteiger charge is -2.26. The van der Waals surface area contributed by atoms with Crippen molar-refractivity contribution < 1.29 is 9.53 Å².